The van der Waals surface area contributed by atoms with Crippen LogP contribution in [0.3, 0.4) is 0 Å². The van der Waals surface area contributed by atoms with Crippen LogP contribution < -0.4 is 11.1 Å². The van der Waals surface area contributed by atoms with Crippen LogP contribution >= 0.6 is 0 Å². The zero-order valence-electron chi connectivity index (χ0n) is 12.2. The minimum absolute atomic E-state index is 0.235. The Labute approximate surface area is 117 Å². The first-order valence-corrected chi connectivity index (χ1v) is 7.96. The van der Waals surface area contributed by atoms with Crippen molar-refractivity contribution in [2.24, 2.45) is 17.6 Å². The van der Waals surface area contributed by atoms with E-state index in [2.05, 4.69) is 17.1 Å². The van der Waals surface area contributed by atoms with Crippen molar-refractivity contribution in [3.8, 4) is 0 Å². The molecule has 4 heteroatoms. The summed E-state index contributed by atoms with van der Waals surface area (Å²) in [5.41, 5.74) is 5.69. The van der Waals surface area contributed by atoms with Gasteiger partial charge in [-0.15, -0.1) is 0 Å². The molecule has 0 radical (unpaired) electrons. The fourth-order valence-electron chi connectivity index (χ4n) is 3.57. The second kappa shape index (κ2) is 7.25. The maximum atomic E-state index is 12.2. The summed E-state index contributed by atoms with van der Waals surface area (Å²) in [6.45, 7) is 6.11. The lowest BCUT2D eigenvalue weighted by Gasteiger charge is -2.28. The van der Waals surface area contributed by atoms with Gasteiger partial charge in [-0.2, -0.15) is 0 Å². The Morgan fingerprint density at radius 1 is 1.26 bits per heavy atom. The van der Waals surface area contributed by atoms with Gasteiger partial charge in [-0.1, -0.05) is 6.92 Å². The molecule has 4 nitrogen and oxygen atoms in total. The van der Waals surface area contributed by atoms with Gasteiger partial charge in [0.2, 0.25) is 5.91 Å². The fourth-order valence-corrected chi connectivity index (χ4v) is 3.57. The van der Waals surface area contributed by atoms with Gasteiger partial charge in [0.1, 0.15) is 0 Å². The summed E-state index contributed by atoms with van der Waals surface area (Å²) in [6.07, 6.45) is 6.80. The Morgan fingerprint density at radius 2 is 2.00 bits per heavy atom. The first-order valence-electron chi connectivity index (χ1n) is 7.96. The zero-order chi connectivity index (χ0) is 13.7. The molecule has 0 aromatic heterocycles. The van der Waals surface area contributed by atoms with Crippen LogP contribution in [-0.4, -0.2) is 43.0 Å². The van der Waals surface area contributed by atoms with Gasteiger partial charge in [-0.05, 0) is 64.1 Å². The molecule has 0 aromatic rings. The highest BCUT2D eigenvalue weighted by atomic mass is 16.1. The third kappa shape index (κ3) is 3.93. The van der Waals surface area contributed by atoms with Crippen molar-refractivity contribution in [3.63, 3.8) is 0 Å². The molecule has 2 fully saturated rings. The molecule has 1 aliphatic heterocycles. The molecule has 19 heavy (non-hydrogen) atoms. The van der Waals surface area contributed by atoms with E-state index in [1.54, 1.807) is 0 Å². The van der Waals surface area contributed by atoms with Gasteiger partial charge in [-0.3, -0.25) is 9.69 Å². The number of hydrogen-bond acceptors (Lipinski definition) is 3. The molecule has 1 aliphatic carbocycles. The van der Waals surface area contributed by atoms with Crippen LogP contribution in [0.1, 0.15) is 45.4 Å². The van der Waals surface area contributed by atoms with Crippen LogP contribution in [0.15, 0.2) is 0 Å². The summed E-state index contributed by atoms with van der Waals surface area (Å²) < 4.78 is 0. The Bertz CT molecular complexity index is 287. The minimum atomic E-state index is 0.235. The number of likely N-dealkylation sites (tertiary alicyclic amines) is 1. The minimum Gasteiger partial charge on any atom is -0.354 e. The summed E-state index contributed by atoms with van der Waals surface area (Å²) >= 11 is 0. The number of rotatable bonds is 5. The van der Waals surface area contributed by atoms with Gasteiger partial charge in [0.05, 0.1) is 0 Å². The number of carbonyl (C=O) groups excluding carboxylic acids is 1. The molecule has 1 saturated carbocycles. The Balaban J connectivity index is 1.70. The molecule has 0 spiro atoms. The summed E-state index contributed by atoms with van der Waals surface area (Å²) in [7, 11) is 0. The van der Waals surface area contributed by atoms with Gasteiger partial charge >= 0.3 is 0 Å². The van der Waals surface area contributed by atoms with E-state index in [1.807, 2.05) is 0 Å². The van der Waals surface area contributed by atoms with Crippen molar-refractivity contribution in [1.82, 2.24) is 10.2 Å². The van der Waals surface area contributed by atoms with Gasteiger partial charge in [0.25, 0.3) is 0 Å². The predicted octanol–water partition coefficient (Wildman–Crippen LogP) is 1.35. The molecular weight excluding hydrogens is 238 g/mol. The summed E-state index contributed by atoms with van der Waals surface area (Å²) in [5, 5.41) is 3.18. The first kappa shape index (κ1) is 14.8. The van der Waals surface area contributed by atoms with E-state index in [-0.39, 0.29) is 11.8 Å². The average molecular weight is 267 g/mol. The van der Waals surface area contributed by atoms with Crippen molar-refractivity contribution in [3.05, 3.63) is 0 Å². The highest BCUT2D eigenvalue weighted by molar-refractivity contribution is 5.78. The average Bonchev–Trinajstić information content (AvgIpc) is 2.92. The van der Waals surface area contributed by atoms with Gasteiger partial charge in [-0.25, -0.2) is 0 Å². The van der Waals surface area contributed by atoms with Crippen molar-refractivity contribution in [2.45, 2.75) is 51.5 Å². The molecule has 3 N–H and O–H groups in total. The number of nitrogens with two attached hydrogens (primary N) is 1. The zero-order valence-corrected chi connectivity index (χ0v) is 12.2. The van der Waals surface area contributed by atoms with Crippen LogP contribution in [0.25, 0.3) is 0 Å². The Morgan fingerprint density at radius 3 is 2.63 bits per heavy atom. The largest absolute Gasteiger partial charge is 0.354 e. The number of carbonyl (C=O) groups is 1. The van der Waals surface area contributed by atoms with Crippen molar-refractivity contribution in [1.29, 1.82) is 0 Å². The quantitative estimate of drug-likeness (QED) is 0.790. The number of hydrogen-bond donors (Lipinski definition) is 2. The van der Waals surface area contributed by atoms with Gasteiger partial charge < -0.3 is 11.1 Å². The van der Waals surface area contributed by atoms with E-state index in [0.29, 0.717) is 12.0 Å². The van der Waals surface area contributed by atoms with Crippen molar-refractivity contribution < 1.29 is 4.79 Å². The van der Waals surface area contributed by atoms with E-state index in [0.717, 1.165) is 45.3 Å². The van der Waals surface area contributed by atoms with Gasteiger partial charge in [0.15, 0.2) is 0 Å². The maximum Gasteiger partial charge on any atom is 0.223 e. The van der Waals surface area contributed by atoms with Crippen LogP contribution in [-0.2, 0) is 4.79 Å². The van der Waals surface area contributed by atoms with Crippen molar-refractivity contribution >= 4 is 5.91 Å². The van der Waals surface area contributed by atoms with Crippen LogP contribution in [0, 0.1) is 11.8 Å². The number of nitrogens with one attached hydrogen (secondary N) is 1. The van der Waals surface area contributed by atoms with E-state index in [1.165, 1.54) is 19.4 Å². The molecule has 1 heterocycles. The van der Waals surface area contributed by atoms with Crippen LogP contribution in [0.4, 0.5) is 0 Å². The van der Waals surface area contributed by atoms with E-state index >= 15 is 0 Å². The molecular formula is C15H29N3O. The predicted molar refractivity (Wildman–Crippen MR) is 77.8 cm³/mol. The highest BCUT2D eigenvalue weighted by Crippen LogP contribution is 2.28. The molecule has 1 amide bonds. The molecule has 1 saturated heterocycles. The molecule has 110 valence electrons. The van der Waals surface area contributed by atoms with E-state index in [9.17, 15) is 4.79 Å². The summed E-state index contributed by atoms with van der Waals surface area (Å²) in [6, 6.07) is 0.564. The molecule has 2 aliphatic rings. The first-order chi connectivity index (χ1) is 9.24. The molecule has 0 bridgehead atoms. The highest BCUT2D eigenvalue weighted by Gasteiger charge is 2.27. The van der Waals surface area contributed by atoms with E-state index < -0.39 is 0 Å². The summed E-state index contributed by atoms with van der Waals surface area (Å²) in [4.78, 5) is 14.7. The second-order valence-electron chi connectivity index (χ2n) is 6.12. The topological polar surface area (TPSA) is 58.4 Å². The number of amides is 1. The molecule has 1 unspecified atom stereocenters. The lowest BCUT2D eigenvalue weighted by atomic mass is 9.81. The van der Waals surface area contributed by atoms with Crippen LogP contribution in [0.5, 0.6) is 0 Å². The third-order valence-electron chi connectivity index (χ3n) is 4.97. The number of nitrogens with zero attached hydrogens (tertiary/aromatic N) is 1. The normalized spacial score (nSPS) is 32.4. The summed E-state index contributed by atoms with van der Waals surface area (Å²) in [5.74, 6) is 1.16. The van der Waals surface area contributed by atoms with Crippen molar-refractivity contribution in [2.75, 3.05) is 26.2 Å². The third-order valence-corrected chi connectivity index (χ3v) is 4.97. The SMILES string of the molecule is CCN1CCCC1CNC(=O)C1CCC(CN)CC1. The van der Waals surface area contributed by atoms with E-state index in [4.69, 9.17) is 5.73 Å². The molecule has 1 atom stereocenters. The standard InChI is InChI=1S/C15H29N3O/c1-2-18-9-3-4-14(18)11-17-15(19)13-7-5-12(10-16)6-8-13/h12-14H,2-11,16H2,1H3,(H,17,19). The monoisotopic (exact) mass is 267 g/mol. The molecule has 2 rings (SSSR count). The number of likely N-dealkylation sites (N-methyl/N-ethyl adjacent to an activating group) is 1. The maximum absolute atomic E-state index is 12.2. The lowest BCUT2D eigenvalue weighted by molar-refractivity contribution is -0.126. The lowest BCUT2D eigenvalue weighted by Crippen LogP contribution is -2.42. The van der Waals surface area contributed by atoms with Crippen LogP contribution in [0.2, 0.25) is 0 Å². The Kier molecular flexibility index (Phi) is 5.64. The molecule has 0 aromatic carbocycles. The second-order valence-corrected chi connectivity index (χ2v) is 6.12. The Hall–Kier alpha value is -0.610. The fraction of sp³-hybridized carbons (Fsp3) is 0.933. The van der Waals surface area contributed by atoms with Gasteiger partial charge in [0, 0.05) is 18.5 Å². The smallest absolute Gasteiger partial charge is 0.223 e.